The van der Waals surface area contributed by atoms with Crippen molar-refractivity contribution in [3.63, 3.8) is 0 Å². The molecule has 0 amide bonds. The first-order chi connectivity index (χ1) is 6.20. The molecule has 0 spiro atoms. The zero-order valence-corrected chi connectivity index (χ0v) is 7.62. The van der Waals surface area contributed by atoms with Gasteiger partial charge in [-0.1, -0.05) is 11.8 Å². The first-order valence-electron chi connectivity index (χ1n) is 3.87. The summed E-state index contributed by atoms with van der Waals surface area (Å²) in [5.74, 6) is -0.0673. The number of rotatable bonds is 2. The van der Waals surface area contributed by atoms with E-state index < -0.39 is 12.0 Å². The summed E-state index contributed by atoms with van der Waals surface area (Å²) < 4.78 is 1.86. The van der Waals surface area contributed by atoms with E-state index in [0.717, 1.165) is 17.5 Å². The van der Waals surface area contributed by atoms with Gasteiger partial charge in [0.15, 0.2) is 5.16 Å². The molecule has 13 heavy (non-hydrogen) atoms. The molecule has 1 unspecified atom stereocenters. The van der Waals surface area contributed by atoms with Crippen LogP contribution in [0, 0.1) is 0 Å². The second-order valence-corrected chi connectivity index (χ2v) is 3.84. The highest BCUT2D eigenvalue weighted by molar-refractivity contribution is 7.99. The summed E-state index contributed by atoms with van der Waals surface area (Å²) in [4.78, 5) is 14.7. The van der Waals surface area contributed by atoms with Gasteiger partial charge < -0.3 is 15.4 Å². The van der Waals surface area contributed by atoms with Gasteiger partial charge in [0.1, 0.15) is 6.04 Å². The highest BCUT2D eigenvalue weighted by Crippen LogP contribution is 2.27. The third-order valence-corrected chi connectivity index (χ3v) is 2.95. The molecule has 70 valence electrons. The summed E-state index contributed by atoms with van der Waals surface area (Å²) in [6.45, 7) is 0.802. The Hall–Kier alpha value is -1.01. The number of nitrogens with zero attached hydrogens (tertiary/aromatic N) is 2. The van der Waals surface area contributed by atoms with Gasteiger partial charge in [0.2, 0.25) is 0 Å². The lowest BCUT2D eigenvalue weighted by Crippen LogP contribution is -2.23. The van der Waals surface area contributed by atoms with Gasteiger partial charge in [0, 0.05) is 12.3 Å². The first-order valence-corrected chi connectivity index (χ1v) is 4.85. The second-order valence-electron chi connectivity index (χ2n) is 2.78. The number of aromatic nitrogens is 2. The van der Waals surface area contributed by atoms with E-state index in [4.69, 9.17) is 10.8 Å². The molecule has 6 heteroatoms. The topological polar surface area (TPSA) is 81.1 Å². The van der Waals surface area contributed by atoms with E-state index >= 15 is 0 Å². The zero-order chi connectivity index (χ0) is 9.42. The van der Waals surface area contributed by atoms with Crippen LogP contribution in [0.3, 0.4) is 0 Å². The molecule has 1 aromatic heterocycles. The van der Waals surface area contributed by atoms with E-state index in [9.17, 15) is 4.79 Å². The Morgan fingerprint density at radius 1 is 1.85 bits per heavy atom. The number of nitrogens with two attached hydrogens (primary N) is 1. The van der Waals surface area contributed by atoms with Gasteiger partial charge >= 0.3 is 5.97 Å². The Kier molecular flexibility index (Phi) is 2.01. The molecule has 0 radical (unpaired) electrons. The molecule has 2 rings (SSSR count). The van der Waals surface area contributed by atoms with Crippen molar-refractivity contribution in [3.8, 4) is 0 Å². The smallest absolute Gasteiger partial charge is 0.326 e. The average Bonchev–Trinajstić information content (AvgIpc) is 2.61. The molecule has 0 aliphatic carbocycles. The fourth-order valence-electron chi connectivity index (χ4n) is 1.31. The Morgan fingerprint density at radius 2 is 2.62 bits per heavy atom. The van der Waals surface area contributed by atoms with Crippen LogP contribution in [0.25, 0.3) is 0 Å². The lowest BCUT2D eigenvalue weighted by atomic mass is 10.2. The van der Waals surface area contributed by atoms with Crippen molar-refractivity contribution in [2.24, 2.45) is 5.73 Å². The Morgan fingerprint density at radius 3 is 3.31 bits per heavy atom. The largest absolute Gasteiger partial charge is 0.480 e. The van der Waals surface area contributed by atoms with Crippen LogP contribution in [0.4, 0.5) is 0 Å². The van der Waals surface area contributed by atoms with Crippen LogP contribution in [0.15, 0.2) is 11.4 Å². The van der Waals surface area contributed by atoms with E-state index in [-0.39, 0.29) is 0 Å². The van der Waals surface area contributed by atoms with Crippen LogP contribution in [0.1, 0.15) is 11.7 Å². The van der Waals surface area contributed by atoms with Crippen molar-refractivity contribution < 1.29 is 9.90 Å². The van der Waals surface area contributed by atoms with Crippen LogP contribution < -0.4 is 5.73 Å². The van der Waals surface area contributed by atoms with Crippen molar-refractivity contribution in [2.45, 2.75) is 17.7 Å². The van der Waals surface area contributed by atoms with Gasteiger partial charge in [-0.3, -0.25) is 4.79 Å². The third kappa shape index (κ3) is 1.31. The molecule has 1 aromatic rings. The normalized spacial score (nSPS) is 17.0. The Balaban J connectivity index is 2.36. The molecule has 1 aliphatic heterocycles. The van der Waals surface area contributed by atoms with Crippen LogP contribution in [0.5, 0.6) is 0 Å². The molecule has 5 nitrogen and oxygen atoms in total. The maximum Gasteiger partial charge on any atom is 0.326 e. The van der Waals surface area contributed by atoms with Gasteiger partial charge in [-0.05, 0) is 0 Å². The number of carboxylic acids is 1. The van der Waals surface area contributed by atoms with E-state index in [1.54, 1.807) is 18.0 Å². The van der Waals surface area contributed by atoms with Gasteiger partial charge in [0.05, 0.1) is 11.9 Å². The fraction of sp³-hybridized carbons (Fsp3) is 0.429. The minimum atomic E-state index is -1.01. The van der Waals surface area contributed by atoms with Crippen LogP contribution in [-0.2, 0) is 11.3 Å². The fourth-order valence-corrected chi connectivity index (χ4v) is 2.25. The predicted octanol–water partition coefficient (Wildman–Crippen LogP) is 0.0732. The van der Waals surface area contributed by atoms with E-state index in [1.165, 1.54) is 0 Å². The molecular weight excluding hydrogens is 190 g/mol. The maximum absolute atomic E-state index is 10.6. The number of aliphatic carboxylic acids is 1. The number of imidazole rings is 1. The van der Waals surface area contributed by atoms with Gasteiger partial charge in [-0.15, -0.1) is 0 Å². The molecule has 0 fully saturated rings. The highest BCUT2D eigenvalue weighted by atomic mass is 32.2. The molecule has 1 atom stereocenters. The Labute approximate surface area is 78.9 Å². The zero-order valence-electron chi connectivity index (χ0n) is 6.80. The number of fused-ring (bicyclic) bond motifs is 1. The van der Waals surface area contributed by atoms with Crippen molar-refractivity contribution in [1.29, 1.82) is 0 Å². The number of carboxylic acid groups (broad SMARTS) is 1. The van der Waals surface area contributed by atoms with Gasteiger partial charge in [-0.25, -0.2) is 4.98 Å². The number of hydrogen-bond acceptors (Lipinski definition) is 4. The van der Waals surface area contributed by atoms with Crippen molar-refractivity contribution in [2.75, 3.05) is 5.75 Å². The summed E-state index contributed by atoms with van der Waals surface area (Å²) in [6, 6.07) is -0.958. The highest BCUT2D eigenvalue weighted by Gasteiger charge is 2.23. The Bertz CT molecular complexity index is 350. The molecule has 0 aromatic carbocycles. The van der Waals surface area contributed by atoms with Crippen LogP contribution >= 0.6 is 11.8 Å². The molecule has 0 saturated carbocycles. The number of carbonyl (C=O) groups is 1. The van der Waals surface area contributed by atoms with E-state index in [0.29, 0.717) is 5.69 Å². The van der Waals surface area contributed by atoms with E-state index in [2.05, 4.69) is 4.98 Å². The third-order valence-electron chi connectivity index (χ3n) is 1.98. The quantitative estimate of drug-likeness (QED) is 0.704. The summed E-state index contributed by atoms with van der Waals surface area (Å²) in [6.07, 6.45) is 1.54. The average molecular weight is 199 g/mol. The van der Waals surface area contributed by atoms with Gasteiger partial charge in [-0.2, -0.15) is 0 Å². The molecular formula is C7H9N3O2S. The standard InChI is InChI=1S/C7H9N3O2S/c8-5(6(11)12)4-3-9-7-10(4)1-2-13-7/h3,5H,1-2,8H2,(H,11,12). The lowest BCUT2D eigenvalue weighted by Gasteiger charge is -2.07. The SMILES string of the molecule is NC(C(=O)O)c1cnc2n1CCS2. The van der Waals surface area contributed by atoms with Gasteiger partial charge in [0.25, 0.3) is 0 Å². The monoisotopic (exact) mass is 199 g/mol. The first kappa shape index (κ1) is 8.58. The van der Waals surface area contributed by atoms with Crippen LogP contribution in [-0.4, -0.2) is 26.4 Å². The summed E-state index contributed by atoms with van der Waals surface area (Å²) >= 11 is 1.62. The maximum atomic E-state index is 10.6. The molecule has 0 bridgehead atoms. The minimum Gasteiger partial charge on any atom is -0.480 e. The summed E-state index contributed by atoms with van der Waals surface area (Å²) in [7, 11) is 0. The summed E-state index contributed by atoms with van der Waals surface area (Å²) in [5, 5.41) is 9.58. The molecule has 0 saturated heterocycles. The van der Waals surface area contributed by atoms with Crippen LogP contribution in [0.2, 0.25) is 0 Å². The predicted molar refractivity (Wildman–Crippen MR) is 47.5 cm³/mol. The number of hydrogen-bond donors (Lipinski definition) is 2. The molecule has 1 aliphatic rings. The lowest BCUT2D eigenvalue weighted by molar-refractivity contribution is -0.138. The molecule has 2 heterocycles. The van der Waals surface area contributed by atoms with E-state index in [1.807, 2.05) is 4.57 Å². The minimum absolute atomic E-state index is 0.590. The molecule has 3 N–H and O–H groups in total. The van der Waals surface area contributed by atoms with Crippen molar-refractivity contribution >= 4 is 17.7 Å². The van der Waals surface area contributed by atoms with Crippen molar-refractivity contribution in [3.05, 3.63) is 11.9 Å². The van der Waals surface area contributed by atoms with Crippen molar-refractivity contribution in [1.82, 2.24) is 9.55 Å². The number of thioether (sulfide) groups is 1. The summed E-state index contributed by atoms with van der Waals surface area (Å²) in [5.41, 5.74) is 6.08. The second kappa shape index (κ2) is 3.04.